The Labute approximate surface area is 316 Å². The van der Waals surface area contributed by atoms with Crippen LogP contribution in [-0.2, 0) is 22.3 Å². The van der Waals surface area contributed by atoms with Crippen LogP contribution in [0.3, 0.4) is 0 Å². The number of nitrogens with one attached hydrogen (secondary N) is 2. The van der Waals surface area contributed by atoms with E-state index in [9.17, 15) is 9.59 Å². The second kappa shape index (κ2) is 12.7. The lowest BCUT2D eigenvalue weighted by atomic mass is 9.83. The summed E-state index contributed by atoms with van der Waals surface area (Å²) in [6.45, 7) is 12.1. The summed E-state index contributed by atoms with van der Waals surface area (Å²) >= 11 is 0. The highest BCUT2D eigenvalue weighted by atomic mass is 16.6. The number of aryl methyl sites for hydroxylation is 2. The van der Waals surface area contributed by atoms with E-state index in [1.807, 2.05) is 52.6 Å². The summed E-state index contributed by atoms with van der Waals surface area (Å²) in [5.41, 5.74) is 10.4. The molecule has 54 heavy (non-hydrogen) atoms. The molecule has 5 aromatic rings. The average molecular weight is 727 g/mol. The Bertz CT molecular complexity index is 2270. The lowest BCUT2D eigenvalue weighted by Crippen LogP contribution is -2.43. The lowest BCUT2D eigenvalue weighted by molar-refractivity contribution is 0.00616. The molecule has 1 saturated carbocycles. The molecule has 2 amide bonds. The third-order valence-electron chi connectivity index (χ3n) is 11.6. The van der Waals surface area contributed by atoms with E-state index in [4.69, 9.17) is 19.4 Å². The van der Waals surface area contributed by atoms with Gasteiger partial charge in [0.25, 0.3) is 0 Å². The third-order valence-corrected chi connectivity index (χ3v) is 11.6. The highest BCUT2D eigenvalue weighted by molar-refractivity contribution is 5.84. The van der Waals surface area contributed by atoms with Crippen molar-refractivity contribution in [1.82, 2.24) is 29.7 Å². The second-order valence-corrected chi connectivity index (χ2v) is 17.7. The van der Waals surface area contributed by atoms with Gasteiger partial charge in [-0.2, -0.15) is 0 Å². The number of nitrogens with zero attached hydrogens (tertiary/aromatic N) is 4. The number of rotatable bonds is 4. The molecule has 10 heteroatoms. The molecule has 4 heterocycles. The Kier molecular flexibility index (Phi) is 8.17. The highest BCUT2D eigenvalue weighted by Crippen LogP contribution is 2.50. The number of hydrogen-bond donors (Lipinski definition) is 2. The van der Waals surface area contributed by atoms with Crippen LogP contribution >= 0.6 is 0 Å². The van der Waals surface area contributed by atoms with Gasteiger partial charge >= 0.3 is 12.2 Å². The molecule has 3 aromatic carbocycles. The van der Waals surface area contributed by atoms with Crippen LogP contribution in [0.4, 0.5) is 9.59 Å². The molecule has 2 aromatic heterocycles. The van der Waals surface area contributed by atoms with Crippen molar-refractivity contribution in [3.8, 4) is 33.5 Å². The summed E-state index contributed by atoms with van der Waals surface area (Å²) in [6, 6.07) is 20.0. The van der Waals surface area contributed by atoms with E-state index >= 15 is 0 Å². The minimum atomic E-state index is -0.540. The van der Waals surface area contributed by atoms with Crippen molar-refractivity contribution in [2.75, 3.05) is 6.54 Å². The number of benzene rings is 3. The van der Waals surface area contributed by atoms with Crippen molar-refractivity contribution in [3.05, 3.63) is 83.6 Å². The molecule has 2 aliphatic carbocycles. The molecule has 0 radical (unpaired) electrons. The number of H-pyrrole nitrogens is 2. The molecule has 9 rings (SSSR count). The zero-order valence-corrected chi connectivity index (χ0v) is 32.2. The SMILES string of the molecule is CC(C)(C)OC(=O)N1CCC[C@H]1c1ncc(-c2ccc3c(c2)CCc2cc(-c4ccc5nc([C@@H]6[C@H]7CC[C@H](C7)N6C(=O)OC(C)(C)C)[nH]c5c4)ccc2-3)[nH]1. The summed E-state index contributed by atoms with van der Waals surface area (Å²) in [6.07, 6.45) is 8.21. The first-order chi connectivity index (χ1) is 25.8. The summed E-state index contributed by atoms with van der Waals surface area (Å²) in [5, 5.41) is 0. The molecule has 2 N–H and O–H groups in total. The van der Waals surface area contributed by atoms with Gasteiger partial charge in [0.1, 0.15) is 22.9 Å². The first kappa shape index (κ1) is 34.6. The highest BCUT2D eigenvalue weighted by Gasteiger charge is 2.51. The standard InChI is InChI=1S/C44H50N6O4/c1-43(2,3)53-41(51)49-19-7-8-37(49)39-45-24-36(48-39)29-13-17-33-28(21-29)10-9-27-20-25(12-16-32(27)33)26-14-18-34-35(23-26)47-40(46-34)38-30-11-15-31(22-30)50(38)42(52)54-44(4,5)6/h12-14,16-18,20-21,23-24,30-31,37-38H,7-11,15,19,22H2,1-6H3,(H,45,48)(H,46,47)/t30-,31+,37-,38-/m0/s1. The van der Waals surface area contributed by atoms with Crippen molar-refractivity contribution < 1.29 is 19.1 Å². The molecule has 2 aliphatic heterocycles. The Morgan fingerprint density at radius 2 is 1.43 bits per heavy atom. The molecule has 4 atom stereocenters. The molecule has 2 bridgehead atoms. The number of aromatic nitrogens is 4. The fraction of sp³-hybridized carbons (Fsp3) is 0.455. The lowest BCUT2D eigenvalue weighted by Gasteiger charge is -2.35. The second-order valence-electron chi connectivity index (χ2n) is 17.7. The molecular weight excluding hydrogens is 677 g/mol. The molecule has 0 unspecified atom stereocenters. The third kappa shape index (κ3) is 6.33. The molecule has 280 valence electrons. The predicted molar refractivity (Wildman–Crippen MR) is 209 cm³/mol. The fourth-order valence-corrected chi connectivity index (χ4v) is 9.25. The number of ether oxygens (including phenoxy) is 2. The number of fused-ring (bicyclic) bond motifs is 6. The van der Waals surface area contributed by atoms with Crippen molar-refractivity contribution in [1.29, 1.82) is 0 Å². The van der Waals surface area contributed by atoms with E-state index in [1.165, 1.54) is 27.8 Å². The number of likely N-dealkylation sites (tertiary alicyclic amines) is 2. The van der Waals surface area contributed by atoms with Crippen LogP contribution in [0, 0.1) is 5.92 Å². The first-order valence-electron chi connectivity index (χ1n) is 19.6. The van der Waals surface area contributed by atoms with Crippen LogP contribution in [0.25, 0.3) is 44.5 Å². The predicted octanol–water partition coefficient (Wildman–Crippen LogP) is 9.92. The van der Waals surface area contributed by atoms with Crippen molar-refractivity contribution in [2.24, 2.45) is 5.92 Å². The molecule has 3 fully saturated rings. The summed E-state index contributed by atoms with van der Waals surface area (Å²) in [5.74, 6) is 2.06. The first-order valence-corrected chi connectivity index (χ1v) is 19.6. The number of hydrogen-bond acceptors (Lipinski definition) is 6. The number of aromatic amines is 2. The Balaban J connectivity index is 0.935. The number of carbonyl (C=O) groups excluding carboxylic acids is 2. The zero-order chi connectivity index (χ0) is 37.5. The van der Waals surface area contributed by atoms with Crippen LogP contribution < -0.4 is 0 Å². The maximum atomic E-state index is 13.3. The Morgan fingerprint density at radius 1 is 0.759 bits per heavy atom. The number of imidazole rings is 2. The van der Waals surface area contributed by atoms with Crippen LogP contribution in [0.2, 0.25) is 0 Å². The van der Waals surface area contributed by atoms with Gasteiger partial charge in [0.05, 0.1) is 35.0 Å². The van der Waals surface area contributed by atoms with Crippen molar-refractivity contribution in [3.63, 3.8) is 0 Å². The van der Waals surface area contributed by atoms with E-state index in [2.05, 4.69) is 64.6 Å². The van der Waals surface area contributed by atoms with Gasteiger partial charge in [0.15, 0.2) is 0 Å². The van der Waals surface area contributed by atoms with E-state index < -0.39 is 11.2 Å². The monoisotopic (exact) mass is 726 g/mol. The maximum Gasteiger partial charge on any atom is 0.411 e. The van der Waals surface area contributed by atoms with Gasteiger partial charge < -0.3 is 19.4 Å². The minimum absolute atomic E-state index is 0.0871. The largest absolute Gasteiger partial charge is 0.444 e. The molecule has 2 saturated heterocycles. The molecule has 4 aliphatic rings. The number of amides is 2. The smallest absolute Gasteiger partial charge is 0.411 e. The van der Waals surface area contributed by atoms with E-state index in [1.54, 1.807) is 4.90 Å². The quantitative estimate of drug-likeness (QED) is 0.191. The topological polar surface area (TPSA) is 116 Å². The minimum Gasteiger partial charge on any atom is -0.444 e. The van der Waals surface area contributed by atoms with Gasteiger partial charge in [0, 0.05) is 12.6 Å². The van der Waals surface area contributed by atoms with E-state index in [-0.39, 0.29) is 30.3 Å². The summed E-state index contributed by atoms with van der Waals surface area (Å²) in [7, 11) is 0. The molecule has 10 nitrogen and oxygen atoms in total. The van der Waals surface area contributed by atoms with Gasteiger partial charge in [-0.1, -0.05) is 36.4 Å². The van der Waals surface area contributed by atoms with Crippen molar-refractivity contribution in [2.45, 2.75) is 116 Å². The normalized spacial score (nSPS) is 22.1. The van der Waals surface area contributed by atoms with Gasteiger partial charge in [-0.25, -0.2) is 19.6 Å². The van der Waals surface area contributed by atoms with Crippen molar-refractivity contribution >= 4 is 23.2 Å². The van der Waals surface area contributed by atoms with Crippen LogP contribution in [0.5, 0.6) is 0 Å². The van der Waals surface area contributed by atoms with Crippen LogP contribution in [0.1, 0.15) is 109 Å². The van der Waals surface area contributed by atoms with Crippen LogP contribution in [-0.4, -0.2) is 65.7 Å². The van der Waals surface area contributed by atoms with Gasteiger partial charge in [-0.3, -0.25) is 9.80 Å². The fourth-order valence-electron chi connectivity index (χ4n) is 9.25. The molecule has 0 spiro atoms. The molecular formula is C44H50N6O4. The van der Waals surface area contributed by atoms with Gasteiger partial charge in [-0.15, -0.1) is 0 Å². The van der Waals surface area contributed by atoms with Gasteiger partial charge in [0.2, 0.25) is 0 Å². The number of piperidine rings is 1. The summed E-state index contributed by atoms with van der Waals surface area (Å²) in [4.78, 5) is 46.9. The maximum absolute atomic E-state index is 13.3. The van der Waals surface area contributed by atoms with E-state index in [0.717, 1.165) is 84.4 Å². The number of carbonyl (C=O) groups is 2. The zero-order valence-electron chi connectivity index (χ0n) is 32.2. The Morgan fingerprint density at radius 3 is 2.17 bits per heavy atom. The Hall–Kier alpha value is -5.12. The average Bonchev–Trinajstić information content (AvgIpc) is 3.97. The van der Waals surface area contributed by atoms with E-state index in [0.29, 0.717) is 12.5 Å². The summed E-state index contributed by atoms with van der Waals surface area (Å²) < 4.78 is 11.5. The van der Waals surface area contributed by atoms with Gasteiger partial charge in [-0.05, 0) is 150 Å². The van der Waals surface area contributed by atoms with Crippen LogP contribution in [0.15, 0.2) is 60.8 Å².